The Kier molecular flexibility index (Phi) is 10.6. The number of carbonyl (C=O) groups excluding carboxylic acids is 1. The number of ether oxygens (including phenoxy) is 1. The van der Waals surface area contributed by atoms with Crippen molar-refractivity contribution in [3.8, 4) is 0 Å². The van der Waals surface area contributed by atoms with E-state index < -0.39 is 5.54 Å². The smallest absolute Gasteiger partial charge is 0.287 e. The van der Waals surface area contributed by atoms with E-state index in [1.807, 2.05) is 52.8 Å². The van der Waals surface area contributed by atoms with E-state index in [0.717, 1.165) is 61.5 Å². The van der Waals surface area contributed by atoms with Gasteiger partial charge in [0.15, 0.2) is 5.01 Å². The zero-order chi connectivity index (χ0) is 32.4. The van der Waals surface area contributed by atoms with Crippen LogP contribution in [0.25, 0.3) is 0 Å². The minimum atomic E-state index is -0.515. The van der Waals surface area contributed by atoms with E-state index in [0.29, 0.717) is 21.5 Å². The standard InChI is InChI=1S/C33H48ClN7O2S/c1-22(2)40(27-20-26(36-24(4)37-27)39-16-14-38(15-17-39)18-19-43-33(8,9)10)28-21-35-30(44-28)31(42)41(32(5,6)7)29-23(3)12-11-13-25(29)34/h11-13,20-22H,14-19H2,1-10H3. The van der Waals surface area contributed by atoms with Crippen LogP contribution >= 0.6 is 22.9 Å². The SMILES string of the molecule is Cc1nc(N2CCN(CCOC(C)(C)C)CC2)cc(N(c2cnc(C(=O)N(c3c(C)cccc3Cl)C(C)(C)C)s2)C(C)C)n1. The highest BCUT2D eigenvalue weighted by molar-refractivity contribution is 7.17. The molecule has 0 atom stereocenters. The molecule has 0 radical (unpaired) electrons. The molecule has 44 heavy (non-hydrogen) atoms. The number of thiazole rings is 1. The summed E-state index contributed by atoms with van der Waals surface area (Å²) in [6, 6.07) is 7.82. The zero-order valence-corrected chi connectivity index (χ0v) is 29.5. The van der Waals surface area contributed by atoms with Crippen LogP contribution in [0.1, 0.15) is 76.6 Å². The van der Waals surface area contributed by atoms with Gasteiger partial charge >= 0.3 is 0 Å². The van der Waals surface area contributed by atoms with Crippen molar-refractivity contribution in [2.45, 2.75) is 86.4 Å². The first-order chi connectivity index (χ1) is 20.5. The number of hydrogen-bond acceptors (Lipinski definition) is 9. The van der Waals surface area contributed by atoms with Crippen LogP contribution in [0.4, 0.5) is 22.3 Å². The average Bonchev–Trinajstić information content (AvgIpc) is 3.39. The summed E-state index contributed by atoms with van der Waals surface area (Å²) >= 11 is 8.00. The summed E-state index contributed by atoms with van der Waals surface area (Å²) in [5.74, 6) is 2.23. The molecule has 2 aromatic heterocycles. The van der Waals surface area contributed by atoms with Crippen molar-refractivity contribution in [2.24, 2.45) is 0 Å². The molecule has 1 aromatic carbocycles. The van der Waals surface area contributed by atoms with Crippen LogP contribution in [0, 0.1) is 13.8 Å². The van der Waals surface area contributed by atoms with E-state index >= 15 is 0 Å². The Hall–Kier alpha value is -2.79. The Morgan fingerprint density at radius 3 is 2.34 bits per heavy atom. The highest BCUT2D eigenvalue weighted by Crippen LogP contribution is 2.38. The van der Waals surface area contributed by atoms with E-state index in [9.17, 15) is 4.79 Å². The Morgan fingerprint density at radius 2 is 1.75 bits per heavy atom. The third kappa shape index (κ3) is 8.27. The van der Waals surface area contributed by atoms with E-state index in [1.165, 1.54) is 11.3 Å². The van der Waals surface area contributed by atoms with Gasteiger partial charge in [0.1, 0.15) is 22.5 Å². The molecule has 0 aliphatic carbocycles. The molecular formula is C33H48ClN7O2S. The minimum absolute atomic E-state index is 0.0738. The maximum atomic E-state index is 14.0. The van der Waals surface area contributed by atoms with Crippen molar-refractivity contribution >= 4 is 51.2 Å². The molecule has 0 unspecified atom stereocenters. The molecule has 240 valence electrons. The van der Waals surface area contributed by atoms with Gasteiger partial charge in [-0.15, -0.1) is 0 Å². The number of para-hydroxylation sites is 1. The number of piperazine rings is 1. The first-order valence-electron chi connectivity index (χ1n) is 15.4. The van der Waals surface area contributed by atoms with Crippen LogP contribution in [0.5, 0.6) is 0 Å². The molecule has 1 amide bonds. The van der Waals surface area contributed by atoms with Gasteiger partial charge in [-0.1, -0.05) is 35.1 Å². The molecule has 3 aromatic rings. The molecule has 3 heterocycles. The highest BCUT2D eigenvalue weighted by Gasteiger charge is 2.34. The second-order valence-corrected chi connectivity index (χ2v) is 15.0. The van der Waals surface area contributed by atoms with E-state index in [2.05, 4.69) is 60.4 Å². The summed E-state index contributed by atoms with van der Waals surface area (Å²) in [4.78, 5) is 37.0. The van der Waals surface area contributed by atoms with Crippen molar-refractivity contribution < 1.29 is 9.53 Å². The predicted octanol–water partition coefficient (Wildman–Crippen LogP) is 7.13. The fourth-order valence-electron chi connectivity index (χ4n) is 5.35. The molecule has 9 nitrogen and oxygen atoms in total. The Balaban J connectivity index is 1.56. The van der Waals surface area contributed by atoms with Crippen LogP contribution < -0.4 is 14.7 Å². The second kappa shape index (κ2) is 13.7. The number of halogens is 1. The normalized spacial score (nSPS) is 14.8. The molecule has 1 saturated heterocycles. The molecule has 0 N–H and O–H groups in total. The number of aryl methyl sites for hydroxylation is 2. The first-order valence-corrected chi connectivity index (χ1v) is 16.6. The highest BCUT2D eigenvalue weighted by atomic mass is 35.5. The Bertz CT molecular complexity index is 1420. The van der Waals surface area contributed by atoms with Crippen molar-refractivity contribution in [3.63, 3.8) is 0 Å². The van der Waals surface area contributed by atoms with Crippen molar-refractivity contribution in [2.75, 3.05) is 54.0 Å². The number of anilines is 4. The summed E-state index contributed by atoms with van der Waals surface area (Å²) in [6.07, 6.45) is 1.77. The second-order valence-electron chi connectivity index (χ2n) is 13.6. The summed E-state index contributed by atoms with van der Waals surface area (Å²) in [7, 11) is 0. The number of aromatic nitrogens is 3. The lowest BCUT2D eigenvalue weighted by Gasteiger charge is -2.36. The van der Waals surface area contributed by atoms with Gasteiger partial charge in [0.05, 0.1) is 29.1 Å². The van der Waals surface area contributed by atoms with E-state index in [4.69, 9.17) is 26.3 Å². The number of carbonyl (C=O) groups is 1. The van der Waals surface area contributed by atoms with E-state index in [-0.39, 0.29) is 17.6 Å². The lowest BCUT2D eigenvalue weighted by atomic mass is 10.0. The molecule has 1 aliphatic rings. The lowest BCUT2D eigenvalue weighted by molar-refractivity contribution is -0.0135. The van der Waals surface area contributed by atoms with Gasteiger partial charge < -0.3 is 14.5 Å². The monoisotopic (exact) mass is 641 g/mol. The molecule has 1 fully saturated rings. The maximum Gasteiger partial charge on any atom is 0.287 e. The van der Waals surface area contributed by atoms with Crippen LogP contribution in [-0.2, 0) is 4.74 Å². The van der Waals surface area contributed by atoms with Crippen LogP contribution in [0.15, 0.2) is 30.5 Å². The van der Waals surface area contributed by atoms with Crippen LogP contribution in [0.3, 0.4) is 0 Å². The quantitative estimate of drug-likeness (QED) is 0.244. The number of nitrogens with zero attached hydrogens (tertiary/aromatic N) is 7. The summed E-state index contributed by atoms with van der Waals surface area (Å²) < 4.78 is 5.93. The molecule has 1 aliphatic heterocycles. The number of rotatable bonds is 9. The Labute approximate surface area is 272 Å². The third-order valence-corrected chi connectivity index (χ3v) is 8.70. The average molecular weight is 642 g/mol. The maximum absolute atomic E-state index is 14.0. The lowest BCUT2D eigenvalue weighted by Crippen LogP contribution is -2.48. The molecule has 0 bridgehead atoms. The van der Waals surface area contributed by atoms with Gasteiger partial charge in [0, 0.05) is 50.4 Å². The molecule has 0 saturated carbocycles. The van der Waals surface area contributed by atoms with Crippen molar-refractivity contribution in [1.29, 1.82) is 0 Å². The van der Waals surface area contributed by atoms with Gasteiger partial charge in [-0.05, 0) is 80.9 Å². The van der Waals surface area contributed by atoms with E-state index in [1.54, 1.807) is 11.1 Å². The van der Waals surface area contributed by atoms with Gasteiger partial charge in [-0.25, -0.2) is 15.0 Å². The fourth-order valence-corrected chi connectivity index (χ4v) is 6.65. The third-order valence-electron chi connectivity index (χ3n) is 7.41. The summed E-state index contributed by atoms with van der Waals surface area (Å²) in [5, 5.41) is 1.79. The minimum Gasteiger partial charge on any atom is -0.375 e. The predicted molar refractivity (Wildman–Crippen MR) is 183 cm³/mol. The van der Waals surface area contributed by atoms with Crippen LogP contribution in [0.2, 0.25) is 5.02 Å². The number of hydrogen-bond donors (Lipinski definition) is 0. The van der Waals surface area contributed by atoms with Crippen molar-refractivity contribution in [3.05, 3.63) is 51.9 Å². The largest absolute Gasteiger partial charge is 0.375 e. The molecule has 11 heteroatoms. The zero-order valence-electron chi connectivity index (χ0n) is 27.9. The fraction of sp³-hybridized carbons (Fsp3) is 0.576. The molecular weight excluding hydrogens is 594 g/mol. The summed E-state index contributed by atoms with van der Waals surface area (Å²) in [5.41, 5.74) is 1.01. The van der Waals surface area contributed by atoms with Gasteiger partial charge in [-0.3, -0.25) is 14.6 Å². The van der Waals surface area contributed by atoms with Crippen LogP contribution in [-0.4, -0.2) is 82.3 Å². The first kappa shape index (κ1) is 34.1. The molecule has 4 rings (SSSR count). The van der Waals surface area contributed by atoms with Crippen molar-refractivity contribution in [1.82, 2.24) is 19.9 Å². The van der Waals surface area contributed by atoms with Gasteiger partial charge in [0.2, 0.25) is 0 Å². The molecule has 0 spiro atoms. The van der Waals surface area contributed by atoms with Gasteiger partial charge in [-0.2, -0.15) is 0 Å². The summed E-state index contributed by atoms with van der Waals surface area (Å²) in [6.45, 7) is 25.8. The number of benzene rings is 1. The Morgan fingerprint density at radius 1 is 1.07 bits per heavy atom. The number of amides is 1. The van der Waals surface area contributed by atoms with Gasteiger partial charge in [0.25, 0.3) is 5.91 Å². The topological polar surface area (TPSA) is 77.9 Å².